The number of aromatic nitrogens is 1. The van der Waals surface area contributed by atoms with Crippen molar-refractivity contribution >= 4 is 35.1 Å². The molecule has 2 aromatic carbocycles. The van der Waals surface area contributed by atoms with E-state index in [9.17, 15) is 35.9 Å². The fourth-order valence-corrected chi connectivity index (χ4v) is 5.10. The number of hydrogen-bond acceptors (Lipinski definition) is 7. The number of amides is 2. The van der Waals surface area contributed by atoms with Crippen LogP contribution < -0.4 is 15.5 Å². The molecule has 0 saturated carbocycles. The number of carbonyl (C=O) groups is 4. The normalized spacial score (nSPS) is 15.2. The van der Waals surface area contributed by atoms with E-state index in [0.29, 0.717) is 31.1 Å². The van der Waals surface area contributed by atoms with Gasteiger partial charge in [0, 0.05) is 62.1 Å². The summed E-state index contributed by atoms with van der Waals surface area (Å²) in [4.78, 5) is 54.7. The summed E-state index contributed by atoms with van der Waals surface area (Å²) in [5.74, 6) is -5.28. The number of carboxylic acid groups (broad SMARTS) is 2. The van der Waals surface area contributed by atoms with Gasteiger partial charge in [-0.2, -0.15) is 26.3 Å². The van der Waals surface area contributed by atoms with Crippen LogP contribution in [-0.2, 0) is 27.5 Å². The molecule has 3 heterocycles. The first-order chi connectivity index (χ1) is 23.0. The number of piperidine rings is 1. The van der Waals surface area contributed by atoms with Crippen molar-refractivity contribution in [2.24, 2.45) is 11.7 Å². The second kappa shape index (κ2) is 16.8. The second-order valence-corrected chi connectivity index (χ2v) is 10.9. The van der Waals surface area contributed by atoms with Crippen molar-refractivity contribution in [1.29, 1.82) is 0 Å². The highest BCUT2D eigenvalue weighted by atomic mass is 19.4. The molecule has 264 valence electrons. The standard InChI is InChI=1S/C28H31N5O2.2C2HF3O2/c29-17-22-4-3-6-23(16-22)28(35)32-19-24-5-1-2-7-26(24)33(27(34)20-32)18-21-10-14-31(15-11-21)25-8-12-30-13-9-25;2*3-2(4,5)1(6)7/h1-9,12-13,16,21H,10-11,14-15,17-20,29H2;2*(H,6,7). The van der Waals surface area contributed by atoms with Crippen LogP contribution in [0.15, 0.2) is 73.1 Å². The van der Waals surface area contributed by atoms with E-state index >= 15 is 0 Å². The van der Waals surface area contributed by atoms with E-state index in [2.05, 4.69) is 9.88 Å². The van der Waals surface area contributed by atoms with Gasteiger partial charge in [-0.15, -0.1) is 0 Å². The number of nitrogens with two attached hydrogens (primary N) is 1. The molecule has 1 fully saturated rings. The first kappa shape index (κ1) is 38.3. The Balaban J connectivity index is 0.000000392. The molecule has 1 aromatic heterocycles. The van der Waals surface area contributed by atoms with Crippen LogP contribution in [0.25, 0.3) is 0 Å². The highest BCUT2D eigenvalue weighted by molar-refractivity contribution is 6.02. The smallest absolute Gasteiger partial charge is 0.475 e. The monoisotopic (exact) mass is 697 g/mol. The molecule has 1 saturated heterocycles. The Morgan fingerprint density at radius 1 is 0.837 bits per heavy atom. The molecule has 3 aromatic rings. The average Bonchev–Trinajstić information content (AvgIpc) is 3.20. The summed E-state index contributed by atoms with van der Waals surface area (Å²) < 4.78 is 63.5. The van der Waals surface area contributed by atoms with Gasteiger partial charge >= 0.3 is 24.3 Å². The summed E-state index contributed by atoms with van der Waals surface area (Å²) in [6.45, 7) is 3.43. The third-order valence-electron chi connectivity index (χ3n) is 7.54. The Morgan fingerprint density at radius 2 is 1.41 bits per heavy atom. The molecule has 0 spiro atoms. The van der Waals surface area contributed by atoms with Gasteiger partial charge in [0.25, 0.3) is 5.91 Å². The lowest BCUT2D eigenvalue weighted by atomic mass is 9.95. The van der Waals surface area contributed by atoms with E-state index in [1.165, 1.54) is 5.69 Å². The number of nitrogens with zero attached hydrogens (tertiary/aromatic N) is 4. The summed E-state index contributed by atoms with van der Waals surface area (Å²) in [5.41, 5.74) is 10.3. The maximum absolute atomic E-state index is 13.5. The molecule has 2 aliphatic heterocycles. The number of aliphatic carboxylic acids is 2. The van der Waals surface area contributed by atoms with E-state index in [4.69, 9.17) is 25.5 Å². The Labute approximate surface area is 276 Å². The van der Waals surface area contributed by atoms with Crippen LogP contribution in [0.1, 0.15) is 34.3 Å². The van der Waals surface area contributed by atoms with Crippen molar-refractivity contribution in [2.45, 2.75) is 38.3 Å². The quantitative estimate of drug-likeness (QED) is 0.321. The molecule has 0 atom stereocenters. The maximum atomic E-state index is 13.5. The molecule has 0 bridgehead atoms. The molecule has 0 aliphatic carbocycles. The van der Waals surface area contributed by atoms with Gasteiger partial charge in [-0.1, -0.05) is 30.3 Å². The molecule has 11 nitrogen and oxygen atoms in total. The van der Waals surface area contributed by atoms with Gasteiger partial charge in [-0.25, -0.2) is 9.59 Å². The maximum Gasteiger partial charge on any atom is 0.490 e. The van der Waals surface area contributed by atoms with Crippen LogP contribution in [-0.4, -0.2) is 82.4 Å². The summed E-state index contributed by atoms with van der Waals surface area (Å²) in [7, 11) is 0. The summed E-state index contributed by atoms with van der Waals surface area (Å²) in [6.07, 6.45) is -4.48. The lowest BCUT2D eigenvalue weighted by Crippen LogP contribution is -2.44. The molecule has 17 heteroatoms. The first-order valence-corrected chi connectivity index (χ1v) is 14.7. The van der Waals surface area contributed by atoms with Gasteiger partial charge in [-0.05, 0) is 60.2 Å². The summed E-state index contributed by atoms with van der Waals surface area (Å²) in [6, 6.07) is 19.4. The number of anilines is 2. The zero-order valence-electron chi connectivity index (χ0n) is 25.8. The number of carboxylic acids is 2. The van der Waals surface area contributed by atoms with Gasteiger partial charge < -0.3 is 30.6 Å². The van der Waals surface area contributed by atoms with E-state index in [-0.39, 0.29) is 18.4 Å². The van der Waals surface area contributed by atoms with Crippen molar-refractivity contribution in [1.82, 2.24) is 9.88 Å². The van der Waals surface area contributed by atoms with Gasteiger partial charge in [0.05, 0.1) is 0 Å². The van der Waals surface area contributed by atoms with Crippen LogP contribution >= 0.6 is 0 Å². The summed E-state index contributed by atoms with van der Waals surface area (Å²) in [5, 5.41) is 14.2. The second-order valence-electron chi connectivity index (χ2n) is 10.9. The van der Waals surface area contributed by atoms with Crippen LogP contribution in [0.4, 0.5) is 37.7 Å². The third-order valence-corrected chi connectivity index (χ3v) is 7.54. The van der Waals surface area contributed by atoms with E-state index in [0.717, 1.165) is 42.7 Å². The highest BCUT2D eigenvalue weighted by Crippen LogP contribution is 2.30. The Morgan fingerprint density at radius 3 is 1.96 bits per heavy atom. The van der Waals surface area contributed by atoms with Crippen LogP contribution in [0.5, 0.6) is 0 Å². The summed E-state index contributed by atoms with van der Waals surface area (Å²) >= 11 is 0. The van der Waals surface area contributed by atoms with Crippen molar-refractivity contribution in [3.63, 3.8) is 0 Å². The zero-order chi connectivity index (χ0) is 36.4. The number of rotatable bonds is 5. The van der Waals surface area contributed by atoms with Crippen LogP contribution in [0.3, 0.4) is 0 Å². The Kier molecular flexibility index (Phi) is 13.1. The molecule has 0 radical (unpaired) electrons. The SMILES string of the molecule is NCc1cccc(C(=O)N2CC(=O)N(CC3CCN(c4ccncc4)CC3)c3ccccc3C2)c1.O=C(O)C(F)(F)F.O=C(O)C(F)(F)F. The molecule has 0 unspecified atom stereocenters. The van der Waals surface area contributed by atoms with Gasteiger partial charge in [0.2, 0.25) is 5.91 Å². The van der Waals surface area contributed by atoms with Gasteiger partial charge in [0.1, 0.15) is 6.54 Å². The van der Waals surface area contributed by atoms with Crippen molar-refractivity contribution in [3.8, 4) is 0 Å². The highest BCUT2D eigenvalue weighted by Gasteiger charge is 2.39. The molecule has 2 amide bonds. The van der Waals surface area contributed by atoms with E-state index in [1.807, 2.05) is 71.9 Å². The van der Waals surface area contributed by atoms with Crippen LogP contribution in [0.2, 0.25) is 0 Å². The van der Waals surface area contributed by atoms with Crippen molar-refractivity contribution in [3.05, 3.63) is 89.7 Å². The molecular formula is C32H33F6N5O6. The van der Waals surface area contributed by atoms with Crippen LogP contribution in [0, 0.1) is 5.92 Å². The minimum Gasteiger partial charge on any atom is -0.475 e. The topological polar surface area (TPSA) is 157 Å². The van der Waals surface area contributed by atoms with E-state index < -0.39 is 24.3 Å². The predicted molar refractivity (Wildman–Crippen MR) is 164 cm³/mol. The lowest BCUT2D eigenvalue weighted by Gasteiger charge is -2.36. The number of pyridine rings is 1. The molecular weight excluding hydrogens is 664 g/mol. The molecule has 2 aliphatic rings. The third kappa shape index (κ3) is 11.2. The minimum absolute atomic E-state index is 0.0326. The number of hydrogen-bond donors (Lipinski definition) is 3. The van der Waals surface area contributed by atoms with Crippen molar-refractivity contribution in [2.75, 3.05) is 36.0 Å². The number of alkyl halides is 6. The molecule has 49 heavy (non-hydrogen) atoms. The number of benzene rings is 2. The van der Waals surface area contributed by atoms with E-state index in [1.54, 1.807) is 11.0 Å². The van der Waals surface area contributed by atoms with Crippen molar-refractivity contribution < 1.29 is 55.7 Å². The molecule has 4 N–H and O–H groups in total. The van der Waals surface area contributed by atoms with Gasteiger partial charge in [0.15, 0.2) is 0 Å². The number of para-hydroxylation sites is 1. The minimum atomic E-state index is -5.08. The first-order valence-electron chi connectivity index (χ1n) is 14.7. The number of halogens is 6. The molecule has 5 rings (SSSR count). The predicted octanol–water partition coefficient (Wildman–Crippen LogP) is 4.71. The fraction of sp³-hybridized carbons (Fsp3) is 0.344. The number of carbonyl (C=O) groups excluding carboxylic acids is 2. The average molecular weight is 698 g/mol. The van der Waals surface area contributed by atoms with Gasteiger partial charge in [-0.3, -0.25) is 14.6 Å². The Bertz CT molecular complexity index is 1570. The Hall–Kier alpha value is -5.19. The lowest BCUT2D eigenvalue weighted by molar-refractivity contribution is -0.193. The largest absolute Gasteiger partial charge is 0.490 e. The zero-order valence-corrected chi connectivity index (χ0v) is 25.8. The fourth-order valence-electron chi connectivity index (χ4n) is 5.10. The number of fused-ring (bicyclic) bond motifs is 1.